The number of hydrogen-bond donors (Lipinski definition) is 1. The zero-order chi connectivity index (χ0) is 13.5. The molecule has 0 fully saturated rings. The number of alkyl halides is 1. The number of methoxy groups -OCH3 is 1. The molecule has 0 bridgehead atoms. The number of nitrogens with one attached hydrogen (secondary N) is 1. The second kappa shape index (κ2) is 8.03. The van der Waals surface area contributed by atoms with Gasteiger partial charge in [0, 0.05) is 28.5 Å². The SMILES string of the molecule is COc1ccc(Br)cc1CNC(CCl)CC(C)C. The van der Waals surface area contributed by atoms with Crippen LogP contribution in [0.1, 0.15) is 25.8 Å². The maximum Gasteiger partial charge on any atom is 0.123 e. The van der Waals surface area contributed by atoms with Crippen LogP contribution in [-0.4, -0.2) is 19.0 Å². The van der Waals surface area contributed by atoms with Crippen molar-refractivity contribution >= 4 is 27.5 Å². The molecule has 1 N–H and O–H groups in total. The fraction of sp³-hybridized carbons (Fsp3) is 0.571. The number of hydrogen-bond acceptors (Lipinski definition) is 2. The first-order valence-electron chi connectivity index (χ1n) is 6.18. The minimum absolute atomic E-state index is 0.343. The summed E-state index contributed by atoms with van der Waals surface area (Å²) in [5.41, 5.74) is 1.14. The average molecular weight is 335 g/mol. The molecule has 1 atom stereocenters. The number of ether oxygens (including phenoxy) is 1. The van der Waals surface area contributed by atoms with E-state index in [1.54, 1.807) is 7.11 Å². The van der Waals surface area contributed by atoms with Gasteiger partial charge in [0.25, 0.3) is 0 Å². The standard InChI is InChI=1S/C14H21BrClNO/c1-10(2)6-13(8-16)17-9-11-7-12(15)4-5-14(11)18-3/h4-5,7,10,13,17H,6,8-9H2,1-3H3. The van der Waals surface area contributed by atoms with E-state index in [4.69, 9.17) is 16.3 Å². The minimum Gasteiger partial charge on any atom is -0.496 e. The highest BCUT2D eigenvalue weighted by molar-refractivity contribution is 9.10. The van der Waals surface area contributed by atoms with E-state index in [1.165, 1.54) is 0 Å². The molecular weight excluding hydrogens is 314 g/mol. The van der Waals surface area contributed by atoms with Crippen molar-refractivity contribution in [1.29, 1.82) is 0 Å². The van der Waals surface area contributed by atoms with Crippen molar-refractivity contribution in [3.8, 4) is 5.75 Å². The van der Waals surface area contributed by atoms with Gasteiger partial charge in [0.1, 0.15) is 5.75 Å². The summed E-state index contributed by atoms with van der Waals surface area (Å²) in [5.74, 6) is 2.18. The number of benzene rings is 1. The van der Waals surface area contributed by atoms with Crippen LogP contribution in [0.5, 0.6) is 5.75 Å². The third-order valence-electron chi connectivity index (χ3n) is 2.77. The van der Waals surface area contributed by atoms with Crippen LogP contribution in [0.15, 0.2) is 22.7 Å². The van der Waals surface area contributed by atoms with Gasteiger partial charge >= 0.3 is 0 Å². The predicted octanol–water partition coefficient (Wildman–Crippen LogP) is 4.20. The third kappa shape index (κ3) is 5.17. The molecule has 0 heterocycles. The highest BCUT2D eigenvalue weighted by atomic mass is 79.9. The van der Waals surface area contributed by atoms with Gasteiger partial charge < -0.3 is 10.1 Å². The zero-order valence-electron chi connectivity index (χ0n) is 11.2. The van der Waals surface area contributed by atoms with E-state index >= 15 is 0 Å². The van der Waals surface area contributed by atoms with E-state index in [0.717, 1.165) is 28.8 Å². The van der Waals surface area contributed by atoms with Crippen LogP contribution in [-0.2, 0) is 6.54 Å². The van der Waals surface area contributed by atoms with Crippen molar-refractivity contribution in [2.24, 2.45) is 5.92 Å². The molecule has 0 aliphatic rings. The van der Waals surface area contributed by atoms with Crippen molar-refractivity contribution in [3.05, 3.63) is 28.2 Å². The van der Waals surface area contributed by atoms with Gasteiger partial charge in [-0.1, -0.05) is 29.8 Å². The largest absolute Gasteiger partial charge is 0.496 e. The summed E-state index contributed by atoms with van der Waals surface area (Å²) >= 11 is 9.46. The molecule has 1 rings (SSSR count). The van der Waals surface area contributed by atoms with Gasteiger partial charge in [-0.25, -0.2) is 0 Å². The Morgan fingerprint density at radius 2 is 2.11 bits per heavy atom. The van der Waals surface area contributed by atoms with E-state index in [9.17, 15) is 0 Å². The molecule has 1 unspecified atom stereocenters. The second-order valence-corrected chi connectivity index (χ2v) is 6.04. The molecule has 0 saturated heterocycles. The molecule has 1 aromatic rings. The summed E-state index contributed by atoms with van der Waals surface area (Å²) in [6.45, 7) is 5.19. The molecule has 0 aromatic heterocycles. The van der Waals surface area contributed by atoms with Gasteiger partial charge in [-0.05, 0) is 30.5 Å². The van der Waals surface area contributed by atoms with Crippen molar-refractivity contribution in [1.82, 2.24) is 5.32 Å². The highest BCUT2D eigenvalue weighted by Crippen LogP contribution is 2.23. The van der Waals surface area contributed by atoms with Crippen LogP contribution in [0.25, 0.3) is 0 Å². The predicted molar refractivity (Wildman–Crippen MR) is 81.5 cm³/mol. The Kier molecular flexibility index (Phi) is 7.05. The summed E-state index contributed by atoms with van der Waals surface area (Å²) in [5, 5.41) is 3.49. The first-order valence-corrected chi connectivity index (χ1v) is 7.51. The van der Waals surface area contributed by atoms with Gasteiger partial charge in [0.15, 0.2) is 0 Å². The molecule has 1 aromatic carbocycles. The molecule has 102 valence electrons. The molecular formula is C14H21BrClNO. The molecule has 2 nitrogen and oxygen atoms in total. The maximum atomic E-state index is 5.98. The van der Waals surface area contributed by atoms with Crippen molar-refractivity contribution in [3.63, 3.8) is 0 Å². The van der Waals surface area contributed by atoms with Gasteiger partial charge in [0.05, 0.1) is 7.11 Å². The fourth-order valence-electron chi connectivity index (χ4n) is 1.91. The summed E-state index contributed by atoms with van der Waals surface area (Å²) in [6, 6.07) is 6.37. The van der Waals surface area contributed by atoms with Gasteiger partial charge in [0.2, 0.25) is 0 Å². The quantitative estimate of drug-likeness (QED) is 0.755. The smallest absolute Gasteiger partial charge is 0.123 e. The normalized spacial score (nSPS) is 12.8. The van der Waals surface area contributed by atoms with Crippen LogP contribution in [0, 0.1) is 5.92 Å². The Balaban J connectivity index is 2.63. The lowest BCUT2D eigenvalue weighted by molar-refractivity contribution is 0.400. The summed E-state index contributed by atoms with van der Waals surface area (Å²) < 4.78 is 6.41. The van der Waals surface area contributed by atoms with Gasteiger partial charge in [-0.2, -0.15) is 0 Å². The van der Waals surface area contributed by atoms with Crippen LogP contribution in [0.3, 0.4) is 0 Å². The van der Waals surface area contributed by atoms with Crippen molar-refractivity contribution < 1.29 is 4.74 Å². The van der Waals surface area contributed by atoms with E-state index in [2.05, 4.69) is 41.2 Å². The molecule has 0 saturated carbocycles. The van der Waals surface area contributed by atoms with Crippen LogP contribution >= 0.6 is 27.5 Å². The Labute approximate surface area is 123 Å². The first-order chi connectivity index (χ1) is 8.56. The van der Waals surface area contributed by atoms with Crippen LogP contribution in [0.2, 0.25) is 0 Å². The Bertz CT molecular complexity index is 371. The van der Waals surface area contributed by atoms with Crippen molar-refractivity contribution in [2.75, 3.05) is 13.0 Å². The maximum absolute atomic E-state index is 5.98. The van der Waals surface area contributed by atoms with E-state index in [0.29, 0.717) is 17.8 Å². The summed E-state index contributed by atoms with van der Waals surface area (Å²) in [4.78, 5) is 0. The van der Waals surface area contributed by atoms with Crippen molar-refractivity contribution in [2.45, 2.75) is 32.9 Å². The Morgan fingerprint density at radius 1 is 1.39 bits per heavy atom. The lowest BCUT2D eigenvalue weighted by atomic mass is 10.0. The second-order valence-electron chi connectivity index (χ2n) is 4.82. The van der Waals surface area contributed by atoms with Gasteiger partial charge in [-0.15, -0.1) is 11.6 Å². The lowest BCUT2D eigenvalue weighted by Gasteiger charge is -2.19. The molecule has 0 spiro atoms. The summed E-state index contributed by atoms with van der Waals surface area (Å²) in [7, 11) is 1.69. The third-order valence-corrected chi connectivity index (χ3v) is 3.63. The minimum atomic E-state index is 0.343. The van der Waals surface area contributed by atoms with Crippen LogP contribution < -0.4 is 10.1 Å². The molecule has 0 amide bonds. The Hall–Kier alpha value is -0.250. The first kappa shape index (κ1) is 15.8. The van der Waals surface area contributed by atoms with E-state index in [-0.39, 0.29) is 0 Å². The topological polar surface area (TPSA) is 21.3 Å². The highest BCUT2D eigenvalue weighted by Gasteiger charge is 2.11. The molecule has 0 radical (unpaired) electrons. The monoisotopic (exact) mass is 333 g/mol. The molecule has 0 aliphatic carbocycles. The fourth-order valence-corrected chi connectivity index (χ4v) is 2.55. The molecule has 18 heavy (non-hydrogen) atoms. The molecule has 4 heteroatoms. The number of halogens is 2. The Morgan fingerprint density at radius 3 is 2.67 bits per heavy atom. The number of rotatable bonds is 7. The summed E-state index contributed by atoms with van der Waals surface area (Å²) in [6.07, 6.45) is 1.08. The molecule has 0 aliphatic heterocycles. The van der Waals surface area contributed by atoms with Crippen LogP contribution in [0.4, 0.5) is 0 Å². The van der Waals surface area contributed by atoms with E-state index < -0.39 is 0 Å². The lowest BCUT2D eigenvalue weighted by Crippen LogP contribution is -2.31. The average Bonchev–Trinajstić information content (AvgIpc) is 2.34. The zero-order valence-corrected chi connectivity index (χ0v) is 13.5. The van der Waals surface area contributed by atoms with E-state index in [1.807, 2.05) is 12.1 Å². The van der Waals surface area contributed by atoms with Gasteiger partial charge in [-0.3, -0.25) is 0 Å².